The third kappa shape index (κ3) is 10.9. The van der Waals surface area contributed by atoms with Crippen molar-refractivity contribution in [3.8, 4) is 11.5 Å². The number of phenols is 1. The molecule has 2 saturated heterocycles. The lowest BCUT2D eigenvalue weighted by atomic mass is 9.97. The van der Waals surface area contributed by atoms with Crippen molar-refractivity contribution in [2.24, 2.45) is 11.8 Å². The predicted molar refractivity (Wildman–Crippen MR) is 208 cm³/mol. The fraction of sp³-hybridized carbons (Fsp3) is 0.500. The van der Waals surface area contributed by atoms with E-state index in [1.54, 1.807) is 12.1 Å². The Morgan fingerprint density at radius 3 is 1.55 bits per heavy atom. The van der Waals surface area contributed by atoms with Crippen molar-refractivity contribution >= 4 is 33.5 Å². The molecule has 8 rings (SSSR count). The molecule has 53 heavy (non-hydrogen) atoms. The van der Waals surface area contributed by atoms with Crippen molar-refractivity contribution in [3.63, 3.8) is 0 Å². The van der Waals surface area contributed by atoms with Crippen LogP contribution in [-0.2, 0) is 32.2 Å². The minimum atomic E-state index is -0.116. The molecular weight excluding hydrogens is 668 g/mol. The summed E-state index contributed by atoms with van der Waals surface area (Å²) in [5, 5.41) is 23.0. The quantitative estimate of drug-likeness (QED) is 0.178. The Bertz CT molecular complexity index is 1800. The van der Waals surface area contributed by atoms with Crippen LogP contribution >= 0.6 is 0 Å². The number of carbonyl (C=O) groups excluding carboxylic acids is 2. The van der Waals surface area contributed by atoms with Gasteiger partial charge < -0.3 is 24.4 Å². The van der Waals surface area contributed by atoms with Gasteiger partial charge in [-0.1, -0.05) is 62.1 Å². The van der Waals surface area contributed by atoms with Crippen LogP contribution in [0.5, 0.6) is 11.5 Å². The fourth-order valence-electron chi connectivity index (χ4n) is 7.83. The lowest BCUT2D eigenvalue weighted by molar-refractivity contribution is -0.152. The highest BCUT2D eigenvalue weighted by molar-refractivity contribution is 5.85. The van der Waals surface area contributed by atoms with Crippen molar-refractivity contribution in [2.75, 3.05) is 40.4 Å². The first-order valence-corrected chi connectivity index (χ1v) is 19.5. The van der Waals surface area contributed by atoms with E-state index in [4.69, 9.17) is 19.3 Å². The van der Waals surface area contributed by atoms with Crippen LogP contribution in [0.3, 0.4) is 0 Å². The van der Waals surface area contributed by atoms with Crippen LogP contribution in [0.4, 0.5) is 0 Å². The van der Waals surface area contributed by atoms with E-state index in [1.807, 2.05) is 12.1 Å². The molecule has 4 fully saturated rings. The number of rotatable bonds is 8. The Kier molecular flexibility index (Phi) is 13.6. The third-order valence-corrected chi connectivity index (χ3v) is 11.0. The van der Waals surface area contributed by atoms with Gasteiger partial charge in [0.05, 0.1) is 38.3 Å². The van der Waals surface area contributed by atoms with E-state index < -0.39 is 0 Å². The molecule has 4 aromatic carbocycles. The molecule has 2 aliphatic carbocycles. The molecule has 0 aromatic heterocycles. The molecule has 0 spiro atoms. The average molecular weight is 725 g/mol. The van der Waals surface area contributed by atoms with Gasteiger partial charge in [-0.25, -0.2) is 0 Å². The zero-order valence-corrected chi connectivity index (χ0v) is 31.4. The monoisotopic (exact) mass is 724 g/mol. The van der Waals surface area contributed by atoms with Crippen LogP contribution in [-0.4, -0.2) is 84.6 Å². The van der Waals surface area contributed by atoms with E-state index in [0.717, 1.165) is 68.6 Å². The van der Waals surface area contributed by atoms with E-state index in [-0.39, 0.29) is 35.6 Å². The number of ether oxygens (including phenoxy) is 3. The zero-order chi connectivity index (χ0) is 37.2. The van der Waals surface area contributed by atoms with Crippen molar-refractivity contribution in [1.82, 2.24) is 9.80 Å². The number of esters is 2. The molecule has 0 atom stereocenters. The molecule has 284 valence electrons. The smallest absolute Gasteiger partial charge is 0.311 e. The summed E-state index contributed by atoms with van der Waals surface area (Å²) >= 11 is 0. The molecular formula is C44H56N2O7. The molecule has 4 aromatic rings. The number of carbonyl (C=O) groups is 2. The van der Waals surface area contributed by atoms with Crippen LogP contribution in [0.15, 0.2) is 72.8 Å². The van der Waals surface area contributed by atoms with Crippen LogP contribution in [0.1, 0.15) is 75.3 Å². The second-order valence-electron chi connectivity index (χ2n) is 15.2. The molecule has 2 saturated carbocycles. The lowest BCUT2D eigenvalue weighted by Crippen LogP contribution is -2.49. The highest BCUT2D eigenvalue weighted by atomic mass is 16.5. The molecule has 2 N–H and O–H groups in total. The van der Waals surface area contributed by atoms with Gasteiger partial charge in [0.25, 0.3) is 0 Å². The molecule has 9 heteroatoms. The summed E-state index contributed by atoms with van der Waals surface area (Å²) in [6.07, 6.45) is 12.6. The van der Waals surface area contributed by atoms with Gasteiger partial charge >= 0.3 is 11.9 Å². The third-order valence-electron chi connectivity index (χ3n) is 11.0. The Morgan fingerprint density at radius 2 is 1.06 bits per heavy atom. The van der Waals surface area contributed by atoms with Crippen molar-refractivity contribution < 1.29 is 34.0 Å². The maximum Gasteiger partial charge on any atom is 0.311 e. The standard InChI is InChI=1S/C22H27NO3.C16H17NO3.C6H12O/c1-25-22(24)19-14-23(15-19)13-16-7-8-18-12-21(10-9-17(18)11-16)26-20-5-3-2-4-6-20;1-20-16(19)14-9-17(10-14)8-11-2-3-13-7-15(18)5-4-12(13)6-11;7-6-4-2-1-3-5-6/h7-12,19-20H,2-6,13-15H2,1H3;2-7,14,18H,8-10H2,1H3;6-7H,1-5H2. The van der Waals surface area contributed by atoms with Crippen molar-refractivity contribution in [2.45, 2.75) is 89.5 Å². The first-order valence-electron chi connectivity index (χ1n) is 19.5. The first kappa shape index (κ1) is 38.5. The minimum absolute atomic E-state index is 0.0254. The van der Waals surface area contributed by atoms with Crippen LogP contribution in [0, 0.1) is 11.8 Å². The van der Waals surface area contributed by atoms with E-state index in [1.165, 1.54) is 87.5 Å². The number of nitrogens with zero attached hydrogens (tertiary/aromatic N) is 2. The Morgan fingerprint density at radius 1 is 0.604 bits per heavy atom. The highest BCUT2D eigenvalue weighted by Crippen LogP contribution is 2.29. The first-order chi connectivity index (χ1) is 25.8. The number of aromatic hydroxyl groups is 1. The van der Waals surface area contributed by atoms with Gasteiger partial charge in [-0.05, 0) is 108 Å². The second-order valence-corrected chi connectivity index (χ2v) is 15.2. The summed E-state index contributed by atoms with van der Waals surface area (Å²) < 4.78 is 15.7. The van der Waals surface area contributed by atoms with Gasteiger partial charge in [0.1, 0.15) is 11.5 Å². The minimum Gasteiger partial charge on any atom is -0.508 e. The van der Waals surface area contributed by atoms with Gasteiger partial charge in [-0.2, -0.15) is 0 Å². The van der Waals surface area contributed by atoms with E-state index in [2.05, 4.69) is 58.3 Å². The van der Waals surface area contributed by atoms with Crippen LogP contribution < -0.4 is 4.74 Å². The van der Waals surface area contributed by atoms with Gasteiger partial charge in [0.15, 0.2) is 0 Å². The fourth-order valence-corrected chi connectivity index (χ4v) is 7.83. The summed E-state index contributed by atoms with van der Waals surface area (Å²) in [7, 11) is 2.89. The Labute approximate surface area is 313 Å². The molecule has 0 bridgehead atoms. The number of hydrogen-bond acceptors (Lipinski definition) is 9. The number of likely N-dealkylation sites (tertiary alicyclic amines) is 2. The number of fused-ring (bicyclic) bond motifs is 2. The molecule has 4 aliphatic rings. The average Bonchev–Trinajstić information content (AvgIpc) is 3.15. The summed E-state index contributed by atoms with van der Waals surface area (Å²) in [4.78, 5) is 27.3. The number of aliphatic hydroxyl groups excluding tert-OH is 1. The number of benzene rings is 4. The highest BCUT2D eigenvalue weighted by Gasteiger charge is 2.34. The van der Waals surface area contributed by atoms with Crippen molar-refractivity contribution in [1.29, 1.82) is 0 Å². The Balaban J connectivity index is 0.000000157. The molecule has 2 heterocycles. The number of phenolic OH excluding ortho intramolecular Hbond substituents is 1. The molecule has 0 radical (unpaired) electrons. The van der Waals surface area contributed by atoms with Crippen LogP contribution in [0.2, 0.25) is 0 Å². The van der Waals surface area contributed by atoms with E-state index in [9.17, 15) is 14.7 Å². The maximum atomic E-state index is 11.5. The second kappa shape index (κ2) is 18.7. The molecule has 2 aliphatic heterocycles. The van der Waals surface area contributed by atoms with Crippen LogP contribution in [0.25, 0.3) is 21.5 Å². The molecule has 0 amide bonds. The maximum absolute atomic E-state index is 11.5. The number of hydrogen-bond donors (Lipinski definition) is 2. The summed E-state index contributed by atoms with van der Waals surface area (Å²) in [6.45, 7) is 4.83. The molecule has 0 unspecified atom stereocenters. The van der Waals surface area contributed by atoms with Gasteiger partial charge in [-0.15, -0.1) is 0 Å². The van der Waals surface area contributed by atoms with Gasteiger partial charge in [0.2, 0.25) is 0 Å². The SMILES string of the molecule is COC(=O)C1CN(Cc2ccc3cc(O)ccc3c2)C1.COC(=O)C1CN(Cc2ccc3cc(OC4CCCCC4)ccc3c2)C1.OC1CCCCC1. The lowest BCUT2D eigenvalue weighted by Gasteiger charge is -2.37. The van der Waals surface area contributed by atoms with Crippen molar-refractivity contribution in [3.05, 3.63) is 83.9 Å². The zero-order valence-electron chi connectivity index (χ0n) is 31.4. The largest absolute Gasteiger partial charge is 0.508 e. The van der Waals surface area contributed by atoms with Gasteiger partial charge in [0, 0.05) is 39.3 Å². The predicted octanol–water partition coefficient (Wildman–Crippen LogP) is 7.62. The summed E-state index contributed by atoms with van der Waals surface area (Å²) in [5.74, 6) is 1.13. The molecule has 9 nitrogen and oxygen atoms in total. The summed E-state index contributed by atoms with van der Waals surface area (Å²) in [5.41, 5.74) is 2.49. The van der Waals surface area contributed by atoms with E-state index in [0.29, 0.717) is 6.10 Å². The number of methoxy groups -OCH3 is 2. The Hall–Kier alpha value is -4.18. The van der Waals surface area contributed by atoms with E-state index >= 15 is 0 Å². The normalized spacial score (nSPS) is 18.8. The topological polar surface area (TPSA) is 109 Å². The summed E-state index contributed by atoms with van der Waals surface area (Å²) in [6, 6.07) is 24.6. The number of aliphatic hydroxyl groups is 1. The van der Waals surface area contributed by atoms with Gasteiger partial charge in [-0.3, -0.25) is 19.4 Å².